The van der Waals surface area contributed by atoms with Crippen LogP contribution in [0.2, 0.25) is 0 Å². The zero-order valence-electron chi connectivity index (χ0n) is 10.0. The maximum Gasteiger partial charge on any atom is 0.162 e. The fraction of sp³-hybridized carbons (Fsp3) is 0.769. The molecule has 1 rings (SSSR count). The number of hydrogen-bond donors (Lipinski definition) is 1. The van der Waals surface area contributed by atoms with Gasteiger partial charge in [0, 0.05) is 12.5 Å². The summed E-state index contributed by atoms with van der Waals surface area (Å²) in [6, 6.07) is 0. The normalized spacial score (nSPS) is 20.0. The number of carbonyl (C=O) groups is 1. The van der Waals surface area contributed by atoms with Crippen molar-refractivity contribution < 1.29 is 4.79 Å². The molecule has 0 aromatic carbocycles. The van der Waals surface area contributed by atoms with Gasteiger partial charge in [-0.3, -0.25) is 4.79 Å². The summed E-state index contributed by atoms with van der Waals surface area (Å²) in [5.74, 6) is 0.479. The first-order chi connectivity index (χ1) is 7.25. The van der Waals surface area contributed by atoms with Crippen molar-refractivity contribution in [1.29, 1.82) is 0 Å². The Kier molecular flexibility index (Phi) is 5.62. The van der Waals surface area contributed by atoms with Crippen LogP contribution in [0.25, 0.3) is 0 Å². The Morgan fingerprint density at radius 2 is 2.13 bits per heavy atom. The minimum atomic E-state index is 0.126. The predicted octanol–water partition coefficient (Wildman–Crippen LogP) is 2.69. The number of carbonyl (C=O) groups excluding carboxylic acids is 1. The van der Waals surface area contributed by atoms with Crippen molar-refractivity contribution >= 4 is 5.78 Å². The second-order valence-corrected chi connectivity index (χ2v) is 4.51. The Hall–Kier alpha value is -0.630. The monoisotopic (exact) mass is 209 g/mol. The maximum atomic E-state index is 12.0. The molecule has 0 heterocycles. The van der Waals surface area contributed by atoms with Gasteiger partial charge in [0.25, 0.3) is 0 Å². The zero-order chi connectivity index (χ0) is 11.1. The molecule has 0 fully saturated rings. The fourth-order valence-corrected chi connectivity index (χ4v) is 2.13. The molecular formula is C13H23NO. The molecule has 1 aliphatic rings. The average Bonchev–Trinajstić information content (AvgIpc) is 2.16. The summed E-state index contributed by atoms with van der Waals surface area (Å²) in [5, 5.41) is 3.07. The molecule has 1 aliphatic carbocycles. The molecule has 86 valence electrons. The van der Waals surface area contributed by atoms with Crippen LogP contribution in [0.1, 0.15) is 45.4 Å². The predicted molar refractivity (Wildman–Crippen MR) is 63.9 cm³/mol. The lowest BCUT2D eigenvalue weighted by atomic mass is 9.92. The van der Waals surface area contributed by atoms with Gasteiger partial charge in [-0.15, -0.1) is 0 Å². The summed E-state index contributed by atoms with van der Waals surface area (Å²) < 4.78 is 0. The van der Waals surface area contributed by atoms with Gasteiger partial charge >= 0.3 is 0 Å². The van der Waals surface area contributed by atoms with Gasteiger partial charge in [0.1, 0.15) is 0 Å². The molecule has 0 bridgehead atoms. The van der Waals surface area contributed by atoms with E-state index < -0.39 is 0 Å². The van der Waals surface area contributed by atoms with Gasteiger partial charge in [-0.05, 0) is 38.3 Å². The molecule has 0 aromatic heterocycles. The van der Waals surface area contributed by atoms with Crippen LogP contribution in [0.15, 0.2) is 11.6 Å². The molecule has 0 saturated heterocycles. The van der Waals surface area contributed by atoms with E-state index in [1.807, 2.05) is 14.0 Å². The smallest absolute Gasteiger partial charge is 0.162 e. The number of Topliss-reactive ketones (excluding diaryl/α,β-unsaturated/α-hetero) is 1. The molecular weight excluding hydrogens is 186 g/mol. The van der Waals surface area contributed by atoms with E-state index in [2.05, 4.69) is 11.4 Å². The van der Waals surface area contributed by atoms with E-state index in [4.69, 9.17) is 0 Å². The summed E-state index contributed by atoms with van der Waals surface area (Å²) >= 11 is 0. The Morgan fingerprint density at radius 1 is 1.40 bits per heavy atom. The van der Waals surface area contributed by atoms with E-state index in [0.717, 1.165) is 25.0 Å². The topological polar surface area (TPSA) is 29.1 Å². The summed E-state index contributed by atoms with van der Waals surface area (Å²) in [6.45, 7) is 2.80. The van der Waals surface area contributed by atoms with Crippen molar-refractivity contribution in [2.75, 3.05) is 13.6 Å². The lowest BCUT2D eigenvalue weighted by Gasteiger charge is -2.14. The molecule has 0 amide bonds. The van der Waals surface area contributed by atoms with Crippen LogP contribution in [0.4, 0.5) is 0 Å². The van der Waals surface area contributed by atoms with Crippen LogP contribution >= 0.6 is 0 Å². The van der Waals surface area contributed by atoms with Gasteiger partial charge in [-0.2, -0.15) is 0 Å². The van der Waals surface area contributed by atoms with Crippen LogP contribution in [-0.2, 0) is 4.79 Å². The summed E-state index contributed by atoms with van der Waals surface area (Å²) in [5.41, 5.74) is 1.08. The molecule has 1 atom stereocenters. The van der Waals surface area contributed by atoms with E-state index in [0.29, 0.717) is 5.78 Å². The third-order valence-corrected chi connectivity index (χ3v) is 3.07. The number of ketones is 1. The first kappa shape index (κ1) is 12.4. The van der Waals surface area contributed by atoms with Crippen LogP contribution in [0, 0.1) is 5.92 Å². The van der Waals surface area contributed by atoms with Crippen molar-refractivity contribution in [1.82, 2.24) is 5.32 Å². The van der Waals surface area contributed by atoms with Crippen molar-refractivity contribution in [3.63, 3.8) is 0 Å². The molecule has 0 saturated carbocycles. The minimum absolute atomic E-state index is 0.126. The minimum Gasteiger partial charge on any atom is -0.319 e. The van der Waals surface area contributed by atoms with Crippen LogP contribution in [0.5, 0.6) is 0 Å². The molecule has 0 aliphatic heterocycles. The molecule has 15 heavy (non-hydrogen) atoms. The fourth-order valence-electron chi connectivity index (χ4n) is 2.13. The van der Waals surface area contributed by atoms with Crippen LogP contribution in [-0.4, -0.2) is 19.4 Å². The highest BCUT2D eigenvalue weighted by atomic mass is 16.1. The lowest BCUT2D eigenvalue weighted by Crippen LogP contribution is -2.25. The Labute approximate surface area is 93.1 Å². The third kappa shape index (κ3) is 4.17. The van der Waals surface area contributed by atoms with E-state index in [1.165, 1.54) is 25.7 Å². The highest BCUT2D eigenvalue weighted by Gasteiger charge is 2.17. The number of hydrogen-bond acceptors (Lipinski definition) is 2. The first-order valence-corrected chi connectivity index (χ1v) is 6.13. The highest BCUT2D eigenvalue weighted by Crippen LogP contribution is 2.19. The van der Waals surface area contributed by atoms with E-state index in [9.17, 15) is 4.79 Å². The SMILES string of the molecule is CNCC(C)C(=O)C1=CCCCCCC1. The van der Waals surface area contributed by atoms with Crippen molar-refractivity contribution in [2.45, 2.75) is 45.4 Å². The van der Waals surface area contributed by atoms with Crippen molar-refractivity contribution in [2.24, 2.45) is 5.92 Å². The molecule has 0 spiro atoms. The van der Waals surface area contributed by atoms with Gasteiger partial charge in [0.15, 0.2) is 5.78 Å². The molecule has 0 aromatic rings. The average molecular weight is 209 g/mol. The summed E-state index contributed by atoms with van der Waals surface area (Å²) in [4.78, 5) is 12.0. The lowest BCUT2D eigenvalue weighted by molar-refractivity contribution is -0.118. The van der Waals surface area contributed by atoms with Crippen molar-refractivity contribution in [3.8, 4) is 0 Å². The second kappa shape index (κ2) is 6.78. The van der Waals surface area contributed by atoms with Crippen LogP contribution in [0.3, 0.4) is 0 Å². The highest BCUT2D eigenvalue weighted by molar-refractivity contribution is 5.97. The van der Waals surface area contributed by atoms with E-state index in [1.54, 1.807) is 0 Å². The van der Waals surface area contributed by atoms with Gasteiger partial charge in [0.05, 0.1) is 0 Å². The standard InChI is InChI=1S/C13H23NO/c1-11(10-14-2)13(15)12-8-6-4-3-5-7-9-12/h8,11,14H,3-7,9-10H2,1-2H3. The van der Waals surface area contributed by atoms with Gasteiger partial charge in [-0.25, -0.2) is 0 Å². The number of nitrogens with one attached hydrogen (secondary N) is 1. The molecule has 2 heteroatoms. The maximum absolute atomic E-state index is 12.0. The Balaban J connectivity index is 2.55. The van der Waals surface area contributed by atoms with Gasteiger partial charge in [-0.1, -0.05) is 25.8 Å². The first-order valence-electron chi connectivity index (χ1n) is 6.13. The quantitative estimate of drug-likeness (QED) is 0.771. The van der Waals surface area contributed by atoms with E-state index >= 15 is 0 Å². The third-order valence-electron chi connectivity index (χ3n) is 3.07. The Morgan fingerprint density at radius 3 is 2.87 bits per heavy atom. The Bertz CT molecular complexity index is 233. The number of rotatable bonds is 4. The zero-order valence-corrected chi connectivity index (χ0v) is 10.0. The van der Waals surface area contributed by atoms with Crippen LogP contribution < -0.4 is 5.32 Å². The molecule has 0 radical (unpaired) electrons. The summed E-state index contributed by atoms with van der Waals surface area (Å²) in [6.07, 6.45) is 9.30. The largest absolute Gasteiger partial charge is 0.319 e. The summed E-state index contributed by atoms with van der Waals surface area (Å²) in [7, 11) is 1.90. The molecule has 1 unspecified atom stereocenters. The molecule has 1 N–H and O–H groups in total. The second-order valence-electron chi connectivity index (χ2n) is 4.51. The van der Waals surface area contributed by atoms with E-state index in [-0.39, 0.29) is 5.92 Å². The molecule has 2 nitrogen and oxygen atoms in total. The van der Waals surface area contributed by atoms with Gasteiger partial charge < -0.3 is 5.32 Å². The van der Waals surface area contributed by atoms with Gasteiger partial charge in [0.2, 0.25) is 0 Å². The number of allylic oxidation sites excluding steroid dienone is 2. The van der Waals surface area contributed by atoms with Crippen molar-refractivity contribution in [3.05, 3.63) is 11.6 Å².